The van der Waals surface area contributed by atoms with Gasteiger partial charge >= 0.3 is 0 Å². The Morgan fingerprint density at radius 3 is 1.47 bits per heavy atom. The third kappa shape index (κ3) is 28.7. The second kappa shape index (κ2) is 48.7. The normalized spacial score (nSPS) is 10.3. The van der Waals surface area contributed by atoms with E-state index in [1.54, 1.807) is 85.5 Å². The molecule has 0 aliphatic rings. The number of nitrogen functional groups attached to an aromatic ring is 1. The number of aromatic amines is 2. The predicted octanol–water partition coefficient (Wildman–Crippen LogP) is 28.5. The molecule has 0 saturated heterocycles. The Labute approximate surface area is 794 Å². The zero-order valence-electron chi connectivity index (χ0n) is 78.4. The first-order valence-electron chi connectivity index (χ1n) is 44.2. The third-order valence-corrected chi connectivity index (χ3v) is 22.0. The predicted molar refractivity (Wildman–Crippen MR) is 562 cm³/mol. The van der Waals surface area contributed by atoms with Gasteiger partial charge in [0, 0.05) is 148 Å². The number of thiophene rings is 1. The molecule has 676 valence electrons. The van der Waals surface area contributed by atoms with Gasteiger partial charge in [0.1, 0.15) is 27.6 Å². The van der Waals surface area contributed by atoms with Crippen LogP contribution in [0.15, 0.2) is 393 Å². The minimum absolute atomic E-state index is 0.325. The first kappa shape index (κ1) is 96.5. The van der Waals surface area contributed by atoms with E-state index >= 15 is 0 Å². The minimum atomic E-state index is 0.325. The highest BCUT2D eigenvalue weighted by atomic mass is 32.1. The Balaban J connectivity index is 0.000000125. The number of phenolic OH excluding ortho intramolecular Hbond substituents is 1. The number of anilines is 1. The molecule has 0 amide bonds. The van der Waals surface area contributed by atoms with Gasteiger partial charge in [-0.3, -0.25) is 34.9 Å². The lowest BCUT2D eigenvalue weighted by atomic mass is 10.1. The van der Waals surface area contributed by atoms with Crippen LogP contribution in [0.1, 0.15) is 72.7 Å². The van der Waals surface area contributed by atoms with Crippen molar-refractivity contribution in [2.45, 2.75) is 90.0 Å². The summed E-state index contributed by atoms with van der Waals surface area (Å²) in [4.78, 5) is 64.7. The highest BCUT2D eigenvalue weighted by Gasteiger charge is 2.05. The summed E-state index contributed by atoms with van der Waals surface area (Å²) < 4.78 is 10.4. The molecule has 17 heterocycles. The quantitative estimate of drug-likeness (QED) is 0.110. The van der Waals surface area contributed by atoms with Crippen molar-refractivity contribution in [1.29, 1.82) is 0 Å². The maximum atomic E-state index is 9.20. The molecule has 17 aromatic heterocycles. The second-order valence-corrected chi connectivity index (χ2v) is 33.1. The topological polar surface area (TPSA) is 285 Å². The van der Waals surface area contributed by atoms with Gasteiger partial charge in [0.05, 0.1) is 39.4 Å². The van der Waals surface area contributed by atoms with Crippen LogP contribution in [0.3, 0.4) is 0 Å². The summed E-state index contributed by atoms with van der Waals surface area (Å²) in [6.07, 6.45) is 30.3. The van der Waals surface area contributed by atoms with Crippen LogP contribution in [0, 0.1) is 90.0 Å². The molecule has 0 aliphatic carbocycles. The lowest BCUT2D eigenvalue weighted by Gasteiger charge is -1.99. The van der Waals surface area contributed by atoms with E-state index in [1.165, 1.54) is 98.4 Å². The number of hydrogen-bond donors (Lipinski definition) is 4. The number of aromatic nitrogens is 16. The Morgan fingerprint density at radius 2 is 0.787 bits per heavy atom. The van der Waals surface area contributed by atoms with Gasteiger partial charge in [0.2, 0.25) is 17.4 Å². The summed E-state index contributed by atoms with van der Waals surface area (Å²) >= 11 is 1.70. The number of nitrogens with zero attached hydrogens (tertiary/aromatic N) is 14. The monoisotopic (exact) mass is 1810 g/mol. The summed E-state index contributed by atoms with van der Waals surface area (Å²) in [5.41, 5.74) is 29.3. The number of hydrogen-bond acceptors (Lipinski definition) is 19. The Kier molecular flexibility index (Phi) is 34.6. The van der Waals surface area contributed by atoms with Crippen LogP contribution in [0.5, 0.6) is 5.75 Å². The van der Waals surface area contributed by atoms with Crippen LogP contribution in [-0.4, -0.2) is 84.9 Å². The van der Waals surface area contributed by atoms with Crippen molar-refractivity contribution in [2.24, 2.45) is 0 Å². The van der Waals surface area contributed by atoms with Gasteiger partial charge in [0.25, 0.3) is 0 Å². The fourth-order valence-electron chi connectivity index (χ4n) is 14.0. The number of pyridine rings is 10. The lowest BCUT2D eigenvalue weighted by Crippen LogP contribution is -1.92. The molecular formula is C115H107N17O3S. The number of nitrogens with two attached hydrogens (primary N) is 1. The standard InChI is InChI=1S/C11H10O.C11H10.3C10H9N.2C9H8N2.2C8H8N2.2C8H7NO.C8H7NS.C5H7N3/c1-8-2-3-10-7-11(12)5-4-9(10)6-8;1-9-6-7-10-4-2-3-5-11(10)8-9;1-8-4-5-10-9(7-8)3-2-6-11-10;1-8-4-5-9-3-2-6-11-10(9)7-8;1-8-3-2-4-9-7-11-6-5-10(8)9;1-7-2-3-8-9(6-7)11-5-4-10-8;1-7-5-9-8(11-6-7)3-2-4-10-9;1-6-5-10-8-7(6)3-2-4-9-8;1-6-5-7-3-2-4-9-8(7)10-6;1-6-5-10-8-7(6)3-2-4-9-8;1-6-5-7-3-2-4-9-8(7)10-6;1-6-5-10-8-7(6)3-2-4-9-8;1-4-2-7-5(6)8-3-4/h2-7,12H,1H3;2-8H,1H3;3*2-7H,1H3;2*2-6H,1H3;2*2-5H,1H3,(H,9,10);3*2-5H,1H3;2-3H,1H3,(H2,6,7,8). The first-order valence-corrected chi connectivity index (χ1v) is 45.1. The molecule has 21 heteroatoms. The van der Waals surface area contributed by atoms with Crippen molar-refractivity contribution in [3.63, 3.8) is 0 Å². The molecule has 0 atom stereocenters. The average molecular weight is 1810 g/mol. The maximum absolute atomic E-state index is 9.20. The minimum Gasteiger partial charge on any atom is -0.508 e. The van der Waals surface area contributed by atoms with Crippen molar-refractivity contribution >= 4 is 148 Å². The molecule has 25 aromatic rings. The summed E-state index contributed by atoms with van der Waals surface area (Å²) in [6, 6.07) is 91.3. The number of aryl methyl sites for hydroxylation is 13. The fourth-order valence-corrected chi connectivity index (χ4v) is 14.9. The number of fused-ring (bicyclic) bond motifs is 12. The lowest BCUT2D eigenvalue weighted by molar-refractivity contribution is 0.476. The van der Waals surface area contributed by atoms with Crippen LogP contribution in [0.2, 0.25) is 0 Å². The smallest absolute Gasteiger partial charge is 0.226 e. The van der Waals surface area contributed by atoms with Crippen molar-refractivity contribution in [1.82, 2.24) is 79.7 Å². The number of rotatable bonds is 0. The van der Waals surface area contributed by atoms with Crippen molar-refractivity contribution in [2.75, 3.05) is 5.73 Å². The summed E-state index contributed by atoms with van der Waals surface area (Å²) in [7, 11) is 0. The van der Waals surface area contributed by atoms with Gasteiger partial charge in [-0.25, -0.2) is 34.9 Å². The van der Waals surface area contributed by atoms with Crippen LogP contribution in [-0.2, 0) is 0 Å². The number of H-pyrrole nitrogens is 2. The third-order valence-electron chi connectivity index (χ3n) is 21.0. The van der Waals surface area contributed by atoms with Gasteiger partial charge in [0.15, 0.2) is 0 Å². The van der Waals surface area contributed by atoms with E-state index in [1.807, 2.05) is 218 Å². The van der Waals surface area contributed by atoms with Crippen LogP contribution >= 0.6 is 11.3 Å². The number of nitrogens with one attached hydrogen (secondary N) is 2. The highest BCUT2D eigenvalue weighted by Crippen LogP contribution is 2.26. The first-order chi connectivity index (χ1) is 66.1. The number of phenols is 1. The van der Waals surface area contributed by atoms with Crippen LogP contribution < -0.4 is 5.73 Å². The molecule has 0 bridgehead atoms. The van der Waals surface area contributed by atoms with E-state index in [9.17, 15) is 5.11 Å². The molecule has 20 nitrogen and oxygen atoms in total. The molecule has 0 spiro atoms. The van der Waals surface area contributed by atoms with E-state index in [4.69, 9.17) is 14.6 Å². The van der Waals surface area contributed by atoms with Gasteiger partial charge in [-0.05, 0) is 312 Å². The molecule has 136 heavy (non-hydrogen) atoms. The molecule has 0 fully saturated rings. The molecule has 5 N–H and O–H groups in total. The fraction of sp³-hybridized carbons (Fsp3) is 0.113. The summed E-state index contributed by atoms with van der Waals surface area (Å²) in [5, 5.41) is 27.0. The molecule has 8 aromatic carbocycles. The van der Waals surface area contributed by atoms with E-state index in [0.717, 1.165) is 105 Å². The van der Waals surface area contributed by atoms with Crippen molar-refractivity contribution in [3.8, 4) is 5.75 Å². The van der Waals surface area contributed by atoms with Crippen LogP contribution in [0.25, 0.3) is 131 Å². The molecule has 0 radical (unpaired) electrons. The van der Waals surface area contributed by atoms with E-state index in [-0.39, 0.29) is 0 Å². The number of benzene rings is 8. The summed E-state index contributed by atoms with van der Waals surface area (Å²) in [6.45, 7) is 26.6. The van der Waals surface area contributed by atoms with Gasteiger partial charge in [-0.15, -0.1) is 11.3 Å². The Bertz CT molecular complexity index is 7280. The second-order valence-electron chi connectivity index (χ2n) is 32.2. The molecule has 0 unspecified atom stereocenters. The van der Waals surface area contributed by atoms with Crippen molar-refractivity contribution in [3.05, 3.63) is 456 Å². The number of furan rings is 2. The molecular weight excluding hydrogens is 1700 g/mol. The highest BCUT2D eigenvalue weighted by molar-refractivity contribution is 7.16. The molecule has 0 aliphatic heterocycles. The number of aromatic hydroxyl groups is 1. The van der Waals surface area contributed by atoms with Gasteiger partial charge in [-0.1, -0.05) is 144 Å². The Hall–Kier alpha value is -17.0. The zero-order chi connectivity index (χ0) is 95.5. The largest absolute Gasteiger partial charge is 0.508 e. The molecule has 25 rings (SSSR count). The SMILES string of the molecule is Cc1c[nH]c2ncccc12.Cc1cc2cccnc2[nH]1.Cc1cc2cccnc2o1.Cc1ccc2cc(O)ccc2c1.Cc1ccc2ccccc2c1.Cc1ccc2cccnc2c1.Cc1ccc2ncccc2c1.Cc1ccc2nccnc2c1.Cc1cccc2cnccc12.Cc1cnc(N)nc1.Cc1cnc2cccnc2c1.Cc1coc2ncccc12.Cc1csc2ncccc12. The molecule has 0 saturated carbocycles. The van der Waals surface area contributed by atoms with Gasteiger partial charge in [-0.2, -0.15) is 0 Å². The Morgan fingerprint density at radius 1 is 0.287 bits per heavy atom. The average Bonchev–Trinajstić information content (AvgIpc) is 1.61. The maximum Gasteiger partial charge on any atom is 0.226 e. The van der Waals surface area contributed by atoms with Crippen LogP contribution in [0.4, 0.5) is 5.95 Å². The zero-order valence-corrected chi connectivity index (χ0v) is 79.2. The van der Waals surface area contributed by atoms with E-state index in [2.05, 4.69) is 261 Å². The van der Waals surface area contributed by atoms with E-state index < -0.39 is 0 Å². The van der Waals surface area contributed by atoms with Gasteiger partial charge < -0.3 is 29.6 Å². The van der Waals surface area contributed by atoms with Crippen molar-refractivity contribution < 1.29 is 13.9 Å². The summed E-state index contributed by atoms with van der Waals surface area (Å²) in [5.74, 6) is 1.57. The van der Waals surface area contributed by atoms with E-state index in [0.29, 0.717) is 11.7 Å².